The minimum absolute atomic E-state index is 0.654. The number of nitrogens with one attached hydrogen (secondary N) is 1. The lowest BCUT2D eigenvalue weighted by atomic mass is 9.88. The Morgan fingerprint density at radius 2 is 2.12 bits per heavy atom. The Morgan fingerprint density at radius 1 is 1.31 bits per heavy atom. The molecule has 1 saturated heterocycles. The second-order valence-electron chi connectivity index (χ2n) is 4.55. The van der Waals surface area contributed by atoms with E-state index in [0.717, 1.165) is 31.6 Å². The lowest BCUT2D eigenvalue weighted by Crippen LogP contribution is -2.14. The fourth-order valence-electron chi connectivity index (χ4n) is 2.57. The van der Waals surface area contributed by atoms with E-state index < -0.39 is 0 Å². The number of nitrogens with zero attached hydrogens (tertiary/aromatic N) is 1. The third-order valence-electron chi connectivity index (χ3n) is 3.49. The van der Waals surface area contributed by atoms with Crippen LogP contribution in [0.25, 0.3) is 10.9 Å². The molecule has 1 aliphatic heterocycles. The van der Waals surface area contributed by atoms with Gasteiger partial charge in [0.15, 0.2) is 0 Å². The molecule has 1 aliphatic rings. The molecule has 1 N–H and O–H groups in total. The number of fused-ring (bicyclic) bond motifs is 1. The second kappa shape index (κ2) is 3.91. The lowest BCUT2D eigenvalue weighted by Gasteiger charge is -2.23. The average molecular weight is 216 g/mol. The Balaban J connectivity index is 2.03. The fraction of sp³-hybridized carbons (Fsp3) is 0.462. The highest BCUT2D eigenvalue weighted by molar-refractivity contribution is 5.79. The maximum Gasteiger partial charge on any atom is 0.0653 e. The van der Waals surface area contributed by atoms with E-state index >= 15 is 0 Å². The van der Waals surface area contributed by atoms with Crippen LogP contribution >= 0.6 is 0 Å². The van der Waals surface area contributed by atoms with E-state index in [1.54, 1.807) is 0 Å². The average Bonchev–Trinajstić information content (AvgIpc) is 2.76. The Labute approximate surface area is 94.8 Å². The molecule has 0 saturated carbocycles. The largest absolute Gasteiger partial charge is 0.381 e. The van der Waals surface area contributed by atoms with Gasteiger partial charge in [-0.1, -0.05) is 0 Å². The summed E-state index contributed by atoms with van der Waals surface area (Å²) in [5.74, 6) is 0.654. The predicted octanol–water partition coefficient (Wildman–Crippen LogP) is 2.77. The van der Waals surface area contributed by atoms with E-state index in [1.807, 2.05) is 6.20 Å². The number of hydrogen-bond acceptors (Lipinski definition) is 2. The molecule has 84 valence electrons. The van der Waals surface area contributed by atoms with Crippen molar-refractivity contribution in [1.29, 1.82) is 0 Å². The molecule has 16 heavy (non-hydrogen) atoms. The van der Waals surface area contributed by atoms with Gasteiger partial charge < -0.3 is 4.74 Å². The van der Waals surface area contributed by atoms with Crippen LogP contribution in [-0.2, 0) is 4.74 Å². The van der Waals surface area contributed by atoms with E-state index in [-0.39, 0.29) is 0 Å². The zero-order valence-electron chi connectivity index (χ0n) is 9.49. The summed E-state index contributed by atoms with van der Waals surface area (Å²) in [4.78, 5) is 0. The monoisotopic (exact) mass is 216 g/mol. The lowest BCUT2D eigenvalue weighted by molar-refractivity contribution is 0.0852. The molecular formula is C13H16N2O. The predicted molar refractivity (Wildman–Crippen MR) is 63.6 cm³/mol. The highest BCUT2D eigenvalue weighted by Crippen LogP contribution is 2.31. The number of rotatable bonds is 1. The number of benzene rings is 1. The van der Waals surface area contributed by atoms with Crippen molar-refractivity contribution < 1.29 is 4.74 Å². The van der Waals surface area contributed by atoms with Gasteiger partial charge >= 0.3 is 0 Å². The highest BCUT2D eigenvalue weighted by atomic mass is 16.5. The van der Waals surface area contributed by atoms with E-state index in [0.29, 0.717) is 5.92 Å². The van der Waals surface area contributed by atoms with Crippen molar-refractivity contribution >= 4 is 10.9 Å². The van der Waals surface area contributed by atoms with Crippen molar-refractivity contribution in [3.8, 4) is 0 Å². The molecule has 2 aromatic rings. The summed E-state index contributed by atoms with van der Waals surface area (Å²) in [6.07, 6.45) is 4.16. The summed E-state index contributed by atoms with van der Waals surface area (Å²) in [6, 6.07) is 4.48. The van der Waals surface area contributed by atoms with Gasteiger partial charge in [-0.2, -0.15) is 5.10 Å². The second-order valence-corrected chi connectivity index (χ2v) is 4.55. The smallest absolute Gasteiger partial charge is 0.0653 e. The molecule has 0 radical (unpaired) electrons. The van der Waals surface area contributed by atoms with Crippen molar-refractivity contribution in [2.75, 3.05) is 13.2 Å². The number of aromatic nitrogens is 2. The van der Waals surface area contributed by atoms with Crippen LogP contribution in [0, 0.1) is 6.92 Å². The minimum atomic E-state index is 0.654. The number of H-pyrrole nitrogens is 1. The van der Waals surface area contributed by atoms with E-state index in [9.17, 15) is 0 Å². The maximum absolute atomic E-state index is 5.41. The highest BCUT2D eigenvalue weighted by Gasteiger charge is 2.18. The Morgan fingerprint density at radius 3 is 2.94 bits per heavy atom. The summed E-state index contributed by atoms with van der Waals surface area (Å²) in [5.41, 5.74) is 3.98. The van der Waals surface area contributed by atoms with Gasteiger partial charge in [-0.05, 0) is 48.9 Å². The van der Waals surface area contributed by atoms with Crippen molar-refractivity contribution in [2.24, 2.45) is 0 Å². The van der Waals surface area contributed by atoms with Gasteiger partial charge in [0.25, 0.3) is 0 Å². The normalized spacial score (nSPS) is 18.1. The Hall–Kier alpha value is -1.35. The van der Waals surface area contributed by atoms with Crippen molar-refractivity contribution in [3.63, 3.8) is 0 Å². The van der Waals surface area contributed by atoms with E-state index in [1.165, 1.54) is 16.5 Å². The van der Waals surface area contributed by atoms with Crippen LogP contribution in [0.3, 0.4) is 0 Å². The quantitative estimate of drug-likeness (QED) is 0.796. The topological polar surface area (TPSA) is 37.9 Å². The molecule has 0 bridgehead atoms. The molecule has 3 heteroatoms. The fourth-order valence-corrected chi connectivity index (χ4v) is 2.57. The van der Waals surface area contributed by atoms with Crippen LogP contribution in [0.2, 0.25) is 0 Å². The van der Waals surface area contributed by atoms with Crippen LogP contribution in [-0.4, -0.2) is 23.4 Å². The first-order valence-corrected chi connectivity index (χ1v) is 5.86. The molecule has 1 fully saturated rings. The Kier molecular flexibility index (Phi) is 2.40. The van der Waals surface area contributed by atoms with Crippen molar-refractivity contribution in [3.05, 3.63) is 29.5 Å². The van der Waals surface area contributed by atoms with Gasteiger partial charge in [0.2, 0.25) is 0 Å². The van der Waals surface area contributed by atoms with Crippen LogP contribution in [0.1, 0.15) is 29.9 Å². The molecule has 3 rings (SSSR count). The summed E-state index contributed by atoms with van der Waals surface area (Å²) in [7, 11) is 0. The van der Waals surface area contributed by atoms with Gasteiger partial charge in [0, 0.05) is 18.6 Å². The zero-order chi connectivity index (χ0) is 11.0. The Bertz CT molecular complexity index is 498. The van der Waals surface area contributed by atoms with Crippen LogP contribution in [0.5, 0.6) is 0 Å². The molecule has 3 nitrogen and oxygen atoms in total. The molecular weight excluding hydrogens is 200 g/mol. The summed E-state index contributed by atoms with van der Waals surface area (Å²) in [5, 5.41) is 8.33. The molecule has 0 unspecified atom stereocenters. The SMILES string of the molecule is Cc1cc2cn[nH]c2cc1C1CCOCC1. The van der Waals surface area contributed by atoms with Crippen molar-refractivity contribution in [1.82, 2.24) is 10.2 Å². The van der Waals surface area contributed by atoms with Crippen molar-refractivity contribution in [2.45, 2.75) is 25.7 Å². The minimum Gasteiger partial charge on any atom is -0.381 e. The number of aryl methyl sites for hydroxylation is 1. The van der Waals surface area contributed by atoms with E-state index in [2.05, 4.69) is 29.3 Å². The molecule has 0 aliphatic carbocycles. The molecule has 1 aromatic carbocycles. The zero-order valence-corrected chi connectivity index (χ0v) is 9.49. The molecule has 2 heterocycles. The molecule has 0 amide bonds. The summed E-state index contributed by atoms with van der Waals surface area (Å²) < 4.78 is 5.41. The first-order chi connectivity index (χ1) is 7.84. The number of hydrogen-bond donors (Lipinski definition) is 1. The van der Waals surface area contributed by atoms with Gasteiger partial charge in [-0.25, -0.2) is 0 Å². The van der Waals surface area contributed by atoms with Gasteiger partial charge in [-0.3, -0.25) is 5.10 Å². The third-order valence-corrected chi connectivity index (χ3v) is 3.49. The van der Waals surface area contributed by atoms with Crippen LogP contribution in [0.4, 0.5) is 0 Å². The summed E-state index contributed by atoms with van der Waals surface area (Å²) >= 11 is 0. The molecule has 0 atom stereocenters. The summed E-state index contributed by atoms with van der Waals surface area (Å²) in [6.45, 7) is 3.98. The first-order valence-electron chi connectivity index (χ1n) is 5.86. The van der Waals surface area contributed by atoms with Gasteiger partial charge in [0.1, 0.15) is 0 Å². The number of aromatic amines is 1. The molecule has 0 spiro atoms. The van der Waals surface area contributed by atoms with Crippen LogP contribution < -0.4 is 0 Å². The third kappa shape index (κ3) is 1.61. The number of ether oxygens (including phenoxy) is 1. The van der Waals surface area contributed by atoms with Gasteiger partial charge in [0.05, 0.1) is 11.7 Å². The van der Waals surface area contributed by atoms with Crippen LogP contribution in [0.15, 0.2) is 18.3 Å². The first kappa shape index (κ1) is 9.85. The van der Waals surface area contributed by atoms with E-state index in [4.69, 9.17) is 4.74 Å². The van der Waals surface area contributed by atoms with Gasteiger partial charge in [-0.15, -0.1) is 0 Å². The molecule has 1 aromatic heterocycles. The standard InChI is InChI=1S/C13H16N2O/c1-9-6-11-8-14-15-13(11)7-12(9)10-2-4-16-5-3-10/h6-8,10H,2-5H2,1H3,(H,14,15). The maximum atomic E-state index is 5.41.